The summed E-state index contributed by atoms with van der Waals surface area (Å²) >= 11 is 0. The Balaban J connectivity index is 2.43. The summed E-state index contributed by atoms with van der Waals surface area (Å²) in [5, 5.41) is 11.1. The van der Waals surface area contributed by atoms with Gasteiger partial charge in [0.1, 0.15) is 11.3 Å². The third-order valence-electron chi connectivity index (χ3n) is 2.94. The number of aromatic amines is 1. The van der Waals surface area contributed by atoms with Crippen LogP contribution in [-0.2, 0) is 6.42 Å². The minimum atomic E-state index is -0.413. The molecule has 2 aromatic heterocycles. The number of hydrogen-bond donors (Lipinski definition) is 1. The third kappa shape index (κ3) is 1.85. The molecule has 1 N–H and O–H groups in total. The molecule has 0 spiro atoms. The van der Waals surface area contributed by atoms with E-state index in [1.54, 1.807) is 12.1 Å². The van der Waals surface area contributed by atoms with Gasteiger partial charge in [0, 0.05) is 5.39 Å². The Morgan fingerprint density at radius 1 is 1.37 bits per heavy atom. The van der Waals surface area contributed by atoms with Crippen LogP contribution in [0.2, 0.25) is 0 Å². The van der Waals surface area contributed by atoms with Gasteiger partial charge < -0.3 is 4.42 Å². The van der Waals surface area contributed by atoms with Crippen molar-refractivity contribution in [2.24, 2.45) is 0 Å². The Labute approximate surface area is 108 Å². The molecule has 0 aliphatic rings. The molecule has 1 aromatic carbocycles. The van der Waals surface area contributed by atoms with Crippen molar-refractivity contribution in [3.05, 3.63) is 59.1 Å². The Bertz CT molecular complexity index is 788. The van der Waals surface area contributed by atoms with E-state index in [1.807, 2.05) is 18.2 Å². The number of rotatable bonds is 3. The number of aromatic nitrogens is 3. The van der Waals surface area contributed by atoms with Crippen LogP contribution in [0, 0.1) is 0 Å². The second-order valence-electron chi connectivity index (χ2n) is 4.09. The zero-order valence-electron chi connectivity index (χ0n) is 10.1. The first-order valence-electron chi connectivity index (χ1n) is 5.83. The average Bonchev–Trinajstić information content (AvgIpc) is 2.92. The van der Waals surface area contributed by atoms with E-state index < -0.39 is 5.63 Å². The quantitative estimate of drug-likeness (QED) is 0.574. The van der Waals surface area contributed by atoms with E-state index in [-0.39, 0.29) is 0 Å². The van der Waals surface area contributed by atoms with Crippen LogP contribution >= 0.6 is 0 Å². The van der Waals surface area contributed by atoms with E-state index in [0.717, 1.165) is 10.9 Å². The summed E-state index contributed by atoms with van der Waals surface area (Å²) in [5.74, 6) is 0. The predicted molar refractivity (Wildman–Crippen MR) is 71.8 cm³/mol. The van der Waals surface area contributed by atoms with E-state index in [9.17, 15) is 4.79 Å². The largest absolute Gasteiger partial charge is 0.422 e. The van der Waals surface area contributed by atoms with Gasteiger partial charge in [-0.05, 0) is 18.1 Å². The zero-order chi connectivity index (χ0) is 13.2. The van der Waals surface area contributed by atoms with E-state index in [1.165, 1.54) is 6.20 Å². The fourth-order valence-corrected chi connectivity index (χ4v) is 2.15. The zero-order valence-corrected chi connectivity index (χ0v) is 10.1. The first-order valence-corrected chi connectivity index (χ1v) is 5.83. The normalized spacial score (nSPS) is 10.7. The maximum Gasteiger partial charge on any atom is 0.346 e. The molecular formula is C14H11N3O2. The van der Waals surface area contributed by atoms with Gasteiger partial charge in [0.25, 0.3) is 0 Å². The maximum absolute atomic E-state index is 12.1. The molecule has 0 atom stereocenters. The molecular weight excluding hydrogens is 242 g/mol. The van der Waals surface area contributed by atoms with Gasteiger partial charge in [0.2, 0.25) is 0 Å². The van der Waals surface area contributed by atoms with Crippen molar-refractivity contribution in [1.29, 1.82) is 0 Å². The molecule has 0 aliphatic carbocycles. The highest BCUT2D eigenvalue weighted by Crippen LogP contribution is 2.26. The van der Waals surface area contributed by atoms with E-state index >= 15 is 0 Å². The van der Waals surface area contributed by atoms with Crippen LogP contribution in [0.15, 0.2) is 52.3 Å². The highest BCUT2D eigenvalue weighted by atomic mass is 16.4. The van der Waals surface area contributed by atoms with Crippen molar-refractivity contribution < 1.29 is 4.42 Å². The summed E-state index contributed by atoms with van der Waals surface area (Å²) in [5.41, 5.74) is 1.93. The van der Waals surface area contributed by atoms with Crippen LogP contribution in [0.25, 0.3) is 22.2 Å². The van der Waals surface area contributed by atoms with E-state index in [2.05, 4.69) is 22.0 Å². The lowest BCUT2D eigenvalue weighted by atomic mass is 10.00. The molecule has 0 fully saturated rings. The van der Waals surface area contributed by atoms with Gasteiger partial charge in [0.15, 0.2) is 0 Å². The lowest BCUT2D eigenvalue weighted by Gasteiger charge is -2.07. The van der Waals surface area contributed by atoms with Crippen LogP contribution in [0.3, 0.4) is 0 Å². The number of hydrogen-bond acceptors (Lipinski definition) is 4. The third-order valence-corrected chi connectivity index (χ3v) is 2.94. The molecule has 19 heavy (non-hydrogen) atoms. The van der Waals surface area contributed by atoms with Crippen LogP contribution in [0.1, 0.15) is 5.56 Å². The van der Waals surface area contributed by atoms with Gasteiger partial charge in [-0.15, -0.1) is 6.58 Å². The minimum Gasteiger partial charge on any atom is -0.422 e. The number of benzene rings is 1. The molecule has 0 saturated carbocycles. The first kappa shape index (κ1) is 11.4. The highest BCUT2D eigenvalue weighted by Gasteiger charge is 2.16. The topological polar surface area (TPSA) is 71.8 Å². The number of allylic oxidation sites excluding steroid dienone is 1. The number of H-pyrrole nitrogens is 1. The standard InChI is InChI=1S/C14H11N3O2/c1-2-5-10-9-6-3-4-7-12(9)19-14(18)13(10)11-8-15-17-16-11/h2-4,6-8H,1,5H2,(H,15,16,17). The number of nitrogens with zero attached hydrogens (tertiary/aromatic N) is 2. The molecule has 0 bridgehead atoms. The van der Waals surface area contributed by atoms with Crippen molar-refractivity contribution in [2.45, 2.75) is 6.42 Å². The van der Waals surface area contributed by atoms with E-state index in [4.69, 9.17) is 4.42 Å². The Morgan fingerprint density at radius 2 is 2.21 bits per heavy atom. The van der Waals surface area contributed by atoms with Crippen LogP contribution in [-0.4, -0.2) is 15.4 Å². The van der Waals surface area contributed by atoms with Crippen molar-refractivity contribution in [3.63, 3.8) is 0 Å². The van der Waals surface area contributed by atoms with Gasteiger partial charge >= 0.3 is 5.63 Å². The Morgan fingerprint density at radius 3 is 2.95 bits per heavy atom. The lowest BCUT2D eigenvalue weighted by Crippen LogP contribution is -2.08. The highest BCUT2D eigenvalue weighted by molar-refractivity contribution is 5.86. The summed E-state index contributed by atoms with van der Waals surface area (Å²) in [7, 11) is 0. The summed E-state index contributed by atoms with van der Waals surface area (Å²) in [6.45, 7) is 3.74. The molecule has 0 unspecified atom stereocenters. The minimum absolute atomic E-state index is 0.413. The average molecular weight is 253 g/mol. The molecule has 94 valence electrons. The fraction of sp³-hybridized carbons (Fsp3) is 0.0714. The number of nitrogens with one attached hydrogen (secondary N) is 1. The number of para-hydroxylation sites is 1. The molecule has 0 aliphatic heterocycles. The molecule has 0 amide bonds. The van der Waals surface area contributed by atoms with Gasteiger partial charge in [-0.25, -0.2) is 4.79 Å². The summed E-state index contributed by atoms with van der Waals surface area (Å²) in [6, 6.07) is 7.43. The molecule has 0 radical (unpaired) electrons. The van der Waals surface area contributed by atoms with Crippen molar-refractivity contribution in [2.75, 3.05) is 0 Å². The second-order valence-corrected chi connectivity index (χ2v) is 4.09. The van der Waals surface area contributed by atoms with Gasteiger partial charge in [0.05, 0.1) is 11.8 Å². The molecule has 3 aromatic rings. The SMILES string of the molecule is C=CCc1c(-c2cn[nH]n2)c(=O)oc2ccccc12. The molecule has 5 heteroatoms. The van der Waals surface area contributed by atoms with Crippen molar-refractivity contribution in [3.8, 4) is 11.3 Å². The summed E-state index contributed by atoms with van der Waals surface area (Å²) in [4.78, 5) is 12.1. The van der Waals surface area contributed by atoms with Gasteiger partial charge in [-0.3, -0.25) is 0 Å². The maximum atomic E-state index is 12.1. The van der Waals surface area contributed by atoms with Crippen molar-refractivity contribution in [1.82, 2.24) is 15.4 Å². The smallest absolute Gasteiger partial charge is 0.346 e. The summed E-state index contributed by atoms with van der Waals surface area (Å²) in [6.07, 6.45) is 3.83. The lowest BCUT2D eigenvalue weighted by molar-refractivity contribution is 0.561. The molecule has 0 saturated heterocycles. The number of fused-ring (bicyclic) bond motifs is 1. The Hall–Kier alpha value is -2.69. The fourth-order valence-electron chi connectivity index (χ4n) is 2.15. The summed E-state index contributed by atoms with van der Waals surface area (Å²) < 4.78 is 5.33. The van der Waals surface area contributed by atoms with Crippen molar-refractivity contribution >= 4 is 11.0 Å². The first-order chi connectivity index (χ1) is 9.31. The van der Waals surface area contributed by atoms with Crippen LogP contribution in [0.5, 0.6) is 0 Å². The van der Waals surface area contributed by atoms with Gasteiger partial charge in [-0.1, -0.05) is 24.3 Å². The molecule has 5 nitrogen and oxygen atoms in total. The Kier molecular flexibility index (Phi) is 2.72. The van der Waals surface area contributed by atoms with Crippen LogP contribution in [0.4, 0.5) is 0 Å². The molecule has 3 rings (SSSR count). The van der Waals surface area contributed by atoms with Crippen LogP contribution < -0.4 is 5.63 Å². The molecule has 2 heterocycles. The predicted octanol–water partition coefficient (Wildman–Crippen LogP) is 2.31. The van der Waals surface area contributed by atoms with Gasteiger partial charge in [-0.2, -0.15) is 15.4 Å². The second kappa shape index (κ2) is 4.53. The van der Waals surface area contributed by atoms with E-state index in [0.29, 0.717) is 23.3 Å². The monoisotopic (exact) mass is 253 g/mol.